The predicted octanol–water partition coefficient (Wildman–Crippen LogP) is 18.3. The highest BCUT2D eigenvalue weighted by Crippen LogP contribution is 2.63. The molecular formula is C67H41NO2. The van der Waals surface area contributed by atoms with Crippen molar-refractivity contribution in [2.75, 3.05) is 4.90 Å². The molecule has 3 nitrogen and oxygen atoms in total. The first kappa shape index (κ1) is 38.9. The van der Waals surface area contributed by atoms with Gasteiger partial charge in [-0.1, -0.05) is 194 Å². The van der Waals surface area contributed by atoms with Crippen LogP contribution in [0.5, 0.6) is 0 Å². The monoisotopic (exact) mass is 891 g/mol. The topological polar surface area (TPSA) is 29.5 Å². The SMILES string of the molecule is c1ccc(-c2ccc(-c3c4oc5ccc(N(c6ccc(-c7ccccc7)cc6)c6ccc7c(c6)C6(c8ccccc8-c8ccccc86)c6ccccc6-7)cc5c4cc4oc5ccccc5c34)cc2)cc1. The highest BCUT2D eigenvalue weighted by molar-refractivity contribution is 6.24. The summed E-state index contributed by atoms with van der Waals surface area (Å²) in [5.74, 6) is 0. The minimum atomic E-state index is -0.476. The molecular weight excluding hydrogens is 851 g/mol. The van der Waals surface area contributed by atoms with E-state index in [4.69, 9.17) is 8.83 Å². The fraction of sp³-hybridized carbons (Fsp3) is 0.0149. The molecule has 15 rings (SSSR count). The second kappa shape index (κ2) is 14.9. The number of furan rings is 2. The van der Waals surface area contributed by atoms with Gasteiger partial charge in [-0.05, 0) is 127 Å². The molecule has 11 aromatic carbocycles. The van der Waals surface area contributed by atoms with Gasteiger partial charge in [-0.2, -0.15) is 0 Å². The molecule has 2 aliphatic rings. The average molecular weight is 892 g/mol. The first-order chi connectivity index (χ1) is 34.7. The average Bonchev–Trinajstić information content (AvgIpc) is 4.17. The summed E-state index contributed by atoms with van der Waals surface area (Å²) in [6, 6.07) is 90.3. The maximum Gasteiger partial charge on any atom is 0.144 e. The molecule has 2 aromatic heterocycles. The summed E-state index contributed by atoms with van der Waals surface area (Å²) in [5.41, 5.74) is 23.2. The van der Waals surface area contributed by atoms with Gasteiger partial charge in [0, 0.05) is 44.2 Å². The molecule has 326 valence electrons. The van der Waals surface area contributed by atoms with Gasteiger partial charge in [0.1, 0.15) is 22.3 Å². The number of nitrogens with zero attached hydrogens (tertiary/aromatic N) is 1. The number of para-hydroxylation sites is 1. The normalized spacial score (nSPS) is 13.0. The van der Waals surface area contributed by atoms with Crippen LogP contribution in [-0.4, -0.2) is 0 Å². The van der Waals surface area contributed by atoms with Gasteiger partial charge in [0.05, 0.1) is 5.41 Å². The third-order valence-electron chi connectivity index (χ3n) is 15.1. The summed E-state index contributed by atoms with van der Waals surface area (Å²) in [5, 5.41) is 4.15. The highest BCUT2D eigenvalue weighted by Gasteiger charge is 2.51. The van der Waals surface area contributed by atoms with Crippen molar-refractivity contribution in [3.63, 3.8) is 0 Å². The Balaban J connectivity index is 0.959. The van der Waals surface area contributed by atoms with Crippen LogP contribution in [0.1, 0.15) is 22.3 Å². The maximum atomic E-state index is 7.06. The molecule has 0 amide bonds. The zero-order chi connectivity index (χ0) is 45.9. The number of anilines is 3. The molecule has 1 spiro atoms. The van der Waals surface area contributed by atoms with Gasteiger partial charge in [0.15, 0.2) is 0 Å². The quantitative estimate of drug-likeness (QED) is 0.167. The molecule has 0 fully saturated rings. The molecule has 0 saturated heterocycles. The van der Waals surface area contributed by atoms with Crippen LogP contribution < -0.4 is 4.90 Å². The van der Waals surface area contributed by atoms with Gasteiger partial charge in [-0.15, -0.1) is 0 Å². The number of hydrogen-bond acceptors (Lipinski definition) is 3. The largest absolute Gasteiger partial charge is 0.456 e. The van der Waals surface area contributed by atoms with E-state index in [1.54, 1.807) is 0 Å². The van der Waals surface area contributed by atoms with Gasteiger partial charge >= 0.3 is 0 Å². The Hall–Kier alpha value is -9.18. The Labute approximate surface area is 404 Å². The van der Waals surface area contributed by atoms with Crippen molar-refractivity contribution < 1.29 is 8.83 Å². The lowest BCUT2D eigenvalue weighted by atomic mass is 9.70. The fourth-order valence-corrected chi connectivity index (χ4v) is 12.1. The molecule has 70 heavy (non-hydrogen) atoms. The van der Waals surface area contributed by atoms with Gasteiger partial charge < -0.3 is 13.7 Å². The van der Waals surface area contributed by atoms with Crippen molar-refractivity contribution in [2.45, 2.75) is 5.41 Å². The second-order valence-electron chi connectivity index (χ2n) is 18.7. The van der Waals surface area contributed by atoms with E-state index in [0.717, 1.165) is 72.1 Å². The van der Waals surface area contributed by atoms with Crippen LogP contribution >= 0.6 is 0 Å². The summed E-state index contributed by atoms with van der Waals surface area (Å²) >= 11 is 0. The van der Waals surface area contributed by atoms with E-state index in [0.29, 0.717) is 0 Å². The molecule has 2 aliphatic carbocycles. The summed E-state index contributed by atoms with van der Waals surface area (Å²) in [6.45, 7) is 0. The van der Waals surface area contributed by atoms with Crippen LogP contribution in [0.15, 0.2) is 258 Å². The molecule has 0 aliphatic heterocycles. The van der Waals surface area contributed by atoms with Crippen molar-refractivity contribution in [2.24, 2.45) is 0 Å². The van der Waals surface area contributed by atoms with Gasteiger partial charge in [-0.3, -0.25) is 0 Å². The van der Waals surface area contributed by atoms with Crippen molar-refractivity contribution in [1.82, 2.24) is 0 Å². The van der Waals surface area contributed by atoms with E-state index >= 15 is 0 Å². The van der Waals surface area contributed by atoms with E-state index in [1.165, 1.54) is 66.8 Å². The third kappa shape index (κ3) is 5.52. The van der Waals surface area contributed by atoms with Gasteiger partial charge in [0.25, 0.3) is 0 Å². The van der Waals surface area contributed by atoms with E-state index in [-0.39, 0.29) is 0 Å². The molecule has 0 saturated carbocycles. The minimum absolute atomic E-state index is 0.476. The van der Waals surface area contributed by atoms with Crippen LogP contribution in [0.4, 0.5) is 17.1 Å². The zero-order valence-electron chi connectivity index (χ0n) is 37.9. The van der Waals surface area contributed by atoms with Gasteiger partial charge in [0.2, 0.25) is 0 Å². The molecule has 0 bridgehead atoms. The van der Waals surface area contributed by atoms with Crippen LogP contribution in [0.25, 0.3) is 99.5 Å². The van der Waals surface area contributed by atoms with E-state index < -0.39 is 5.41 Å². The Morgan fingerprint density at radius 2 is 0.757 bits per heavy atom. The standard InChI is InChI=1S/C67H41NO2/c1-3-15-42(16-4-1)44-27-29-46(30-28-44)64-65-54-22-10-14-26-61(54)69-63(65)41-56-55-39-48(36-38-62(55)70-66(56)64)68(47-33-31-45(32-34-47)43-17-5-2-6-18-43)49-35-37-53-52-21-9-13-25-59(52)67(60(53)40-49)57-23-11-7-19-50(57)51-20-8-12-24-58(51)67/h1-41H. The van der Waals surface area contributed by atoms with Crippen LogP contribution in [0, 0.1) is 0 Å². The van der Waals surface area contributed by atoms with Crippen molar-refractivity contribution in [3.8, 4) is 55.6 Å². The lowest BCUT2D eigenvalue weighted by molar-refractivity contribution is 0.664. The Morgan fingerprint density at radius 1 is 0.286 bits per heavy atom. The Bertz CT molecular complexity index is 4160. The lowest BCUT2D eigenvalue weighted by Crippen LogP contribution is -2.26. The summed E-state index contributed by atoms with van der Waals surface area (Å²) in [6.07, 6.45) is 0. The van der Waals surface area contributed by atoms with E-state index in [1.807, 2.05) is 6.07 Å². The van der Waals surface area contributed by atoms with Crippen molar-refractivity contribution in [3.05, 3.63) is 271 Å². The van der Waals surface area contributed by atoms with Crippen LogP contribution in [0.2, 0.25) is 0 Å². The first-order valence-electron chi connectivity index (χ1n) is 24.1. The first-order valence-corrected chi connectivity index (χ1v) is 24.1. The van der Waals surface area contributed by atoms with E-state index in [9.17, 15) is 0 Å². The molecule has 2 heterocycles. The number of rotatable bonds is 6. The summed E-state index contributed by atoms with van der Waals surface area (Å²) in [7, 11) is 0. The van der Waals surface area contributed by atoms with E-state index in [2.05, 4.69) is 248 Å². The number of benzene rings is 11. The van der Waals surface area contributed by atoms with Crippen molar-refractivity contribution in [1.29, 1.82) is 0 Å². The zero-order valence-corrected chi connectivity index (χ0v) is 37.9. The molecule has 3 heteroatoms. The third-order valence-corrected chi connectivity index (χ3v) is 15.1. The molecule has 13 aromatic rings. The molecule has 0 unspecified atom stereocenters. The summed E-state index contributed by atoms with van der Waals surface area (Å²) < 4.78 is 13.8. The molecule has 0 radical (unpaired) electrons. The van der Waals surface area contributed by atoms with Crippen LogP contribution in [-0.2, 0) is 5.41 Å². The van der Waals surface area contributed by atoms with Gasteiger partial charge in [-0.25, -0.2) is 0 Å². The maximum absolute atomic E-state index is 7.06. The Morgan fingerprint density at radius 3 is 1.40 bits per heavy atom. The predicted molar refractivity (Wildman–Crippen MR) is 288 cm³/mol. The molecule has 0 N–H and O–H groups in total. The molecule has 0 atom stereocenters. The minimum Gasteiger partial charge on any atom is -0.456 e. The smallest absolute Gasteiger partial charge is 0.144 e. The van der Waals surface area contributed by atoms with Crippen molar-refractivity contribution >= 4 is 60.9 Å². The Kier molecular flexibility index (Phi) is 8.28. The highest BCUT2D eigenvalue weighted by atomic mass is 16.3. The lowest BCUT2D eigenvalue weighted by Gasteiger charge is -2.32. The number of fused-ring (bicyclic) bond motifs is 16. The summed E-state index contributed by atoms with van der Waals surface area (Å²) in [4.78, 5) is 2.42. The second-order valence-corrected chi connectivity index (χ2v) is 18.7. The van der Waals surface area contributed by atoms with Crippen LogP contribution in [0.3, 0.4) is 0 Å². The number of hydrogen-bond donors (Lipinski definition) is 0. The fourth-order valence-electron chi connectivity index (χ4n) is 12.1.